The van der Waals surface area contributed by atoms with Crippen molar-refractivity contribution >= 4 is 29.3 Å². The highest BCUT2D eigenvalue weighted by Gasteiger charge is 2.17. The molecule has 0 saturated carbocycles. The van der Waals surface area contributed by atoms with Gasteiger partial charge in [0.1, 0.15) is 0 Å². The molecular formula is C22H24N4O3S. The number of carboxylic acids is 1. The standard InChI is InChI=1S/C22H24N4O3S/c1-14(2)12-26-20(16-9-7-15(3)8-10-16)24-25-22(26)30-13-19(27)23-18-6-4-5-17(11-18)21(28)29/h4-11,14H,12-13H2,1-3H3,(H,23,27)(H,28,29). The molecule has 3 aromatic rings. The number of anilines is 1. The lowest BCUT2D eigenvalue weighted by Crippen LogP contribution is -2.15. The minimum atomic E-state index is -1.04. The number of hydrogen-bond donors (Lipinski definition) is 2. The lowest BCUT2D eigenvalue weighted by atomic mass is 10.1. The first kappa shape index (κ1) is 21.6. The third-order valence-corrected chi connectivity index (χ3v) is 5.27. The van der Waals surface area contributed by atoms with Crippen molar-refractivity contribution in [3.8, 4) is 11.4 Å². The molecule has 1 aromatic heterocycles. The van der Waals surface area contributed by atoms with Gasteiger partial charge in [-0.15, -0.1) is 10.2 Å². The molecule has 7 nitrogen and oxygen atoms in total. The fraction of sp³-hybridized carbons (Fsp3) is 0.273. The molecule has 0 bridgehead atoms. The van der Waals surface area contributed by atoms with Gasteiger partial charge in [0, 0.05) is 17.8 Å². The Labute approximate surface area is 179 Å². The summed E-state index contributed by atoms with van der Waals surface area (Å²) in [4.78, 5) is 23.5. The molecule has 2 N–H and O–H groups in total. The van der Waals surface area contributed by atoms with Crippen molar-refractivity contribution in [3.63, 3.8) is 0 Å². The van der Waals surface area contributed by atoms with E-state index in [1.807, 2.05) is 35.8 Å². The van der Waals surface area contributed by atoms with Gasteiger partial charge in [-0.25, -0.2) is 4.79 Å². The van der Waals surface area contributed by atoms with E-state index in [1.54, 1.807) is 12.1 Å². The summed E-state index contributed by atoms with van der Waals surface area (Å²) in [5.74, 6) is 0.0313. The molecule has 0 atom stereocenters. The molecule has 0 unspecified atom stereocenters. The van der Waals surface area contributed by atoms with E-state index < -0.39 is 5.97 Å². The molecule has 3 rings (SSSR count). The van der Waals surface area contributed by atoms with E-state index >= 15 is 0 Å². The summed E-state index contributed by atoms with van der Waals surface area (Å²) in [6.07, 6.45) is 0. The Kier molecular flexibility index (Phi) is 6.89. The second kappa shape index (κ2) is 9.58. The number of thioether (sulfide) groups is 1. The Morgan fingerprint density at radius 2 is 1.87 bits per heavy atom. The molecule has 0 radical (unpaired) electrons. The summed E-state index contributed by atoms with van der Waals surface area (Å²) in [7, 11) is 0. The molecule has 0 aliphatic rings. The van der Waals surface area contributed by atoms with Crippen molar-refractivity contribution in [3.05, 3.63) is 59.7 Å². The van der Waals surface area contributed by atoms with Gasteiger partial charge in [0.15, 0.2) is 11.0 Å². The highest BCUT2D eigenvalue weighted by Crippen LogP contribution is 2.25. The van der Waals surface area contributed by atoms with Crippen LogP contribution in [-0.2, 0) is 11.3 Å². The highest BCUT2D eigenvalue weighted by molar-refractivity contribution is 7.99. The van der Waals surface area contributed by atoms with Crippen molar-refractivity contribution in [1.82, 2.24) is 14.8 Å². The second-order valence-electron chi connectivity index (χ2n) is 7.40. The normalized spacial score (nSPS) is 10.9. The summed E-state index contributed by atoms with van der Waals surface area (Å²) in [5.41, 5.74) is 2.73. The van der Waals surface area contributed by atoms with E-state index in [-0.39, 0.29) is 17.2 Å². The van der Waals surface area contributed by atoms with Gasteiger partial charge in [0.2, 0.25) is 5.91 Å². The van der Waals surface area contributed by atoms with E-state index in [2.05, 4.69) is 29.4 Å². The monoisotopic (exact) mass is 424 g/mol. The Balaban J connectivity index is 1.73. The summed E-state index contributed by atoms with van der Waals surface area (Å²) in [6.45, 7) is 7.01. The fourth-order valence-corrected chi connectivity index (χ4v) is 3.65. The number of carboxylic acid groups (broad SMARTS) is 1. The molecule has 0 aliphatic heterocycles. The van der Waals surface area contributed by atoms with Crippen LogP contribution in [0.3, 0.4) is 0 Å². The van der Waals surface area contributed by atoms with Crippen molar-refractivity contribution in [1.29, 1.82) is 0 Å². The maximum absolute atomic E-state index is 12.4. The van der Waals surface area contributed by atoms with Crippen molar-refractivity contribution < 1.29 is 14.7 Å². The molecule has 30 heavy (non-hydrogen) atoms. The van der Waals surface area contributed by atoms with Gasteiger partial charge < -0.3 is 15.0 Å². The molecule has 8 heteroatoms. The third kappa shape index (κ3) is 5.48. The number of carbonyl (C=O) groups is 2. The number of benzene rings is 2. The summed E-state index contributed by atoms with van der Waals surface area (Å²) >= 11 is 1.31. The topological polar surface area (TPSA) is 97.1 Å². The Bertz CT molecular complexity index is 1040. The zero-order chi connectivity index (χ0) is 21.7. The van der Waals surface area contributed by atoms with Crippen LogP contribution in [0.4, 0.5) is 5.69 Å². The summed E-state index contributed by atoms with van der Waals surface area (Å²) in [6, 6.07) is 14.3. The zero-order valence-corrected chi connectivity index (χ0v) is 17.9. The van der Waals surface area contributed by atoms with Crippen LogP contribution in [0, 0.1) is 12.8 Å². The number of aryl methyl sites for hydroxylation is 1. The number of aromatic nitrogens is 3. The van der Waals surface area contributed by atoms with Gasteiger partial charge in [-0.2, -0.15) is 0 Å². The van der Waals surface area contributed by atoms with Gasteiger partial charge >= 0.3 is 5.97 Å². The van der Waals surface area contributed by atoms with Gasteiger partial charge in [0.25, 0.3) is 0 Å². The molecule has 2 aromatic carbocycles. The minimum absolute atomic E-state index is 0.125. The molecule has 0 spiro atoms. The smallest absolute Gasteiger partial charge is 0.335 e. The predicted octanol–water partition coefficient (Wildman–Crippen LogP) is 4.34. The summed E-state index contributed by atoms with van der Waals surface area (Å²) in [5, 5.41) is 21.1. The zero-order valence-electron chi connectivity index (χ0n) is 17.1. The van der Waals surface area contributed by atoms with E-state index in [4.69, 9.17) is 5.11 Å². The average Bonchev–Trinajstić information content (AvgIpc) is 3.09. The van der Waals surface area contributed by atoms with Crippen LogP contribution >= 0.6 is 11.8 Å². The Morgan fingerprint density at radius 1 is 1.13 bits per heavy atom. The lowest BCUT2D eigenvalue weighted by Gasteiger charge is -2.12. The first-order valence-electron chi connectivity index (χ1n) is 9.59. The van der Waals surface area contributed by atoms with Crippen LogP contribution in [0.5, 0.6) is 0 Å². The molecule has 156 valence electrons. The molecule has 0 fully saturated rings. The Hall–Kier alpha value is -3.13. The number of nitrogens with one attached hydrogen (secondary N) is 1. The molecule has 0 saturated heterocycles. The molecular weight excluding hydrogens is 400 g/mol. The number of amides is 1. The van der Waals surface area contributed by atoms with Crippen molar-refractivity contribution in [2.24, 2.45) is 5.92 Å². The van der Waals surface area contributed by atoms with E-state index in [1.165, 1.54) is 29.5 Å². The number of aromatic carboxylic acids is 1. The number of carbonyl (C=O) groups excluding carboxylic acids is 1. The van der Waals surface area contributed by atoms with Gasteiger partial charge in [0.05, 0.1) is 11.3 Å². The van der Waals surface area contributed by atoms with Crippen molar-refractivity contribution in [2.75, 3.05) is 11.1 Å². The van der Waals surface area contributed by atoms with Crippen LogP contribution in [0.25, 0.3) is 11.4 Å². The SMILES string of the molecule is Cc1ccc(-c2nnc(SCC(=O)Nc3cccc(C(=O)O)c3)n2CC(C)C)cc1. The molecule has 1 amide bonds. The minimum Gasteiger partial charge on any atom is -0.478 e. The number of rotatable bonds is 8. The first-order chi connectivity index (χ1) is 14.3. The third-order valence-electron chi connectivity index (χ3n) is 4.30. The first-order valence-corrected chi connectivity index (χ1v) is 10.6. The van der Waals surface area contributed by atoms with E-state index in [0.29, 0.717) is 16.8 Å². The van der Waals surface area contributed by atoms with Crippen molar-refractivity contribution in [2.45, 2.75) is 32.5 Å². The number of hydrogen-bond acceptors (Lipinski definition) is 5. The van der Waals surface area contributed by atoms with Crippen LogP contribution < -0.4 is 5.32 Å². The second-order valence-corrected chi connectivity index (χ2v) is 8.34. The van der Waals surface area contributed by atoms with Crippen LogP contribution in [0.1, 0.15) is 29.8 Å². The average molecular weight is 425 g/mol. The predicted molar refractivity (Wildman–Crippen MR) is 118 cm³/mol. The lowest BCUT2D eigenvalue weighted by molar-refractivity contribution is -0.113. The largest absolute Gasteiger partial charge is 0.478 e. The van der Waals surface area contributed by atoms with Crippen LogP contribution in [0.15, 0.2) is 53.7 Å². The highest BCUT2D eigenvalue weighted by atomic mass is 32.2. The fourth-order valence-electron chi connectivity index (χ4n) is 2.90. The maximum atomic E-state index is 12.4. The quantitative estimate of drug-likeness (QED) is 0.522. The van der Waals surface area contributed by atoms with E-state index in [0.717, 1.165) is 17.9 Å². The van der Waals surface area contributed by atoms with Crippen LogP contribution in [0.2, 0.25) is 0 Å². The molecule has 1 heterocycles. The summed E-state index contributed by atoms with van der Waals surface area (Å²) < 4.78 is 2.04. The van der Waals surface area contributed by atoms with Gasteiger partial charge in [-0.1, -0.05) is 61.5 Å². The molecule has 0 aliphatic carbocycles. The van der Waals surface area contributed by atoms with E-state index in [9.17, 15) is 9.59 Å². The van der Waals surface area contributed by atoms with Gasteiger partial charge in [-0.3, -0.25) is 4.79 Å². The van der Waals surface area contributed by atoms with Crippen LogP contribution in [-0.4, -0.2) is 37.5 Å². The number of nitrogens with zero attached hydrogens (tertiary/aromatic N) is 3. The Morgan fingerprint density at radius 3 is 2.53 bits per heavy atom. The maximum Gasteiger partial charge on any atom is 0.335 e. The van der Waals surface area contributed by atoms with Gasteiger partial charge in [-0.05, 0) is 31.0 Å².